The zero-order valence-electron chi connectivity index (χ0n) is 41.5. The maximum Gasteiger partial charge on any atom is 0.306 e. The van der Waals surface area contributed by atoms with Crippen LogP contribution in [-0.4, -0.2) is 37.2 Å². The average molecular weight is 889 g/mol. The lowest BCUT2D eigenvalue weighted by atomic mass is 10.1. The summed E-state index contributed by atoms with van der Waals surface area (Å²) in [5, 5.41) is 0. The molecule has 6 heteroatoms. The Labute approximate surface area is 394 Å². The van der Waals surface area contributed by atoms with Gasteiger partial charge in [-0.15, -0.1) is 0 Å². The lowest BCUT2D eigenvalue weighted by Gasteiger charge is -2.18. The maximum absolute atomic E-state index is 12.8. The van der Waals surface area contributed by atoms with Gasteiger partial charge in [-0.25, -0.2) is 0 Å². The summed E-state index contributed by atoms with van der Waals surface area (Å²) < 4.78 is 16.8. The molecule has 0 aliphatic rings. The highest BCUT2D eigenvalue weighted by atomic mass is 16.6. The van der Waals surface area contributed by atoms with E-state index in [2.05, 4.69) is 93.7 Å². The van der Waals surface area contributed by atoms with E-state index in [1.807, 2.05) is 24.3 Å². The molecular formula is C58H96O6. The SMILES string of the molecule is CCC\C=C/C=C\C=C/C=C\C=C/CCCCCCCC(=O)OCC(COC(=O)CCCCCCC/C=C\CCCCC)OC(=O)CCCCC/C=C\C=C/CCCCCCCCC. The molecule has 0 amide bonds. The molecule has 0 spiro atoms. The minimum Gasteiger partial charge on any atom is -0.462 e. The van der Waals surface area contributed by atoms with Gasteiger partial charge in [0.1, 0.15) is 13.2 Å². The van der Waals surface area contributed by atoms with Crippen molar-refractivity contribution in [2.75, 3.05) is 13.2 Å². The van der Waals surface area contributed by atoms with E-state index < -0.39 is 6.10 Å². The van der Waals surface area contributed by atoms with Crippen LogP contribution in [0, 0.1) is 0 Å². The first kappa shape index (κ1) is 60.3. The van der Waals surface area contributed by atoms with Gasteiger partial charge in [-0.1, -0.05) is 221 Å². The van der Waals surface area contributed by atoms with Crippen molar-refractivity contribution in [1.82, 2.24) is 0 Å². The molecule has 1 unspecified atom stereocenters. The van der Waals surface area contributed by atoms with Gasteiger partial charge >= 0.3 is 17.9 Å². The summed E-state index contributed by atoms with van der Waals surface area (Å²) >= 11 is 0. The first-order chi connectivity index (χ1) is 31.5. The van der Waals surface area contributed by atoms with E-state index >= 15 is 0 Å². The highest BCUT2D eigenvalue weighted by molar-refractivity contribution is 5.71. The van der Waals surface area contributed by atoms with Crippen molar-refractivity contribution in [2.24, 2.45) is 0 Å². The Morgan fingerprint density at radius 1 is 0.312 bits per heavy atom. The van der Waals surface area contributed by atoms with Crippen LogP contribution in [0.3, 0.4) is 0 Å². The molecule has 0 aromatic heterocycles. The molecule has 0 aliphatic heterocycles. The fourth-order valence-corrected chi connectivity index (χ4v) is 6.93. The summed E-state index contributed by atoms with van der Waals surface area (Å²) in [6.45, 7) is 6.46. The van der Waals surface area contributed by atoms with Crippen LogP contribution in [-0.2, 0) is 28.6 Å². The van der Waals surface area contributed by atoms with Gasteiger partial charge in [-0.2, -0.15) is 0 Å². The summed E-state index contributed by atoms with van der Waals surface area (Å²) in [6.07, 6.45) is 68.1. The van der Waals surface area contributed by atoms with Gasteiger partial charge in [-0.3, -0.25) is 14.4 Å². The van der Waals surface area contributed by atoms with E-state index in [-0.39, 0.29) is 37.5 Å². The second kappa shape index (κ2) is 52.0. The Morgan fingerprint density at radius 2 is 0.609 bits per heavy atom. The van der Waals surface area contributed by atoms with Gasteiger partial charge in [0.25, 0.3) is 0 Å². The number of hydrogen-bond donors (Lipinski definition) is 0. The zero-order chi connectivity index (χ0) is 46.5. The van der Waals surface area contributed by atoms with Gasteiger partial charge < -0.3 is 14.2 Å². The molecule has 0 fully saturated rings. The molecule has 0 saturated heterocycles. The Bertz CT molecular complexity index is 1300. The first-order valence-electron chi connectivity index (χ1n) is 26.3. The van der Waals surface area contributed by atoms with E-state index in [4.69, 9.17) is 14.2 Å². The maximum atomic E-state index is 12.8. The van der Waals surface area contributed by atoms with Gasteiger partial charge in [0.2, 0.25) is 0 Å². The van der Waals surface area contributed by atoms with E-state index in [9.17, 15) is 14.4 Å². The number of hydrogen-bond acceptors (Lipinski definition) is 6. The quantitative estimate of drug-likeness (QED) is 0.0199. The summed E-state index contributed by atoms with van der Waals surface area (Å²) in [5.74, 6) is -0.966. The number of allylic oxidation sites excluding steroid dienone is 16. The van der Waals surface area contributed by atoms with Gasteiger partial charge in [0.15, 0.2) is 6.10 Å². The van der Waals surface area contributed by atoms with Gasteiger partial charge in [0, 0.05) is 19.3 Å². The Hall–Kier alpha value is -3.67. The second-order valence-corrected chi connectivity index (χ2v) is 17.2. The lowest BCUT2D eigenvalue weighted by Crippen LogP contribution is -2.30. The standard InChI is InChI=1S/C58H96O6/c1-4-7-10-13-16-19-22-25-27-29-30-32-33-36-39-42-45-48-51-57(60)63-54-55(53-62-56(59)50-47-44-41-38-35-24-21-18-15-12-9-6-3)64-58(61)52-49-46-43-40-37-34-31-28-26-23-20-17-14-11-8-5-2/h10,13,16,18-19,21-22,25,27-32,34,37,55H,4-9,11-12,14-15,17,20,23-24,26,33,35-36,38-54H2,1-3H3/b13-10-,19-16-,21-18-,25-22-,29-27-,31-28-,32-30-,37-34-. The summed E-state index contributed by atoms with van der Waals surface area (Å²) in [4.78, 5) is 38.0. The fraction of sp³-hybridized carbons (Fsp3) is 0.672. The van der Waals surface area contributed by atoms with Crippen LogP contribution in [0.25, 0.3) is 0 Å². The van der Waals surface area contributed by atoms with Crippen molar-refractivity contribution >= 4 is 17.9 Å². The van der Waals surface area contributed by atoms with Crippen LogP contribution in [0.15, 0.2) is 97.2 Å². The molecule has 0 rings (SSSR count). The minimum atomic E-state index is -0.806. The highest BCUT2D eigenvalue weighted by Crippen LogP contribution is 2.13. The molecule has 0 N–H and O–H groups in total. The van der Waals surface area contributed by atoms with E-state index in [1.54, 1.807) is 0 Å². The Kier molecular flexibility index (Phi) is 49.0. The molecule has 6 nitrogen and oxygen atoms in total. The fourth-order valence-electron chi connectivity index (χ4n) is 6.93. The van der Waals surface area contributed by atoms with Crippen LogP contribution in [0.5, 0.6) is 0 Å². The number of carbonyl (C=O) groups excluding carboxylic acids is 3. The van der Waals surface area contributed by atoms with Crippen LogP contribution < -0.4 is 0 Å². The molecule has 364 valence electrons. The molecule has 0 heterocycles. The van der Waals surface area contributed by atoms with Crippen LogP contribution >= 0.6 is 0 Å². The summed E-state index contributed by atoms with van der Waals surface area (Å²) in [6, 6.07) is 0. The monoisotopic (exact) mass is 889 g/mol. The Balaban J connectivity index is 4.50. The smallest absolute Gasteiger partial charge is 0.306 e. The van der Waals surface area contributed by atoms with Crippen molar-refractivity contribution in [3.8, 4) is 0 Å². The number of rotatable bonds is 46. The molecular weight excluding hydrogens is 793 g/mol. The molecule has 0 radical (unpaired) electrons. The van der Waals surface area contributed by atoms with E-state index in [0.717, 1.165) is 109 Å². The normalized spacial score (nSPS) is 12.9. The third-order valence-electron chi connectivity index (χ3n) is 10.9. The molecule has 0 saturated carbocycles. The zero-order valence-corrected chi connectivity index (χ0v) is 41.5. The summed E-state index contributed by atoms with van der Waals surface area (Å²) in [5.41, 5.74) is 0. The number of unbranched alkanes of at least 4 members (excludes halogenated alkanes) is 24. The average Bonchev–Trinajstić information content (AvgIpc) is 3.29. The van der Waals surface area contributed by atoms with Crippen molar-refractivity contribution < 1.29 is 28.6 Å². The van der Waals surface area contributed by atoms with Crippen molar-refractivity contribution in [3.63, 3.8) is 0 Å². The second-order valence-electron chi connectivity index (χ2n) is 17.2. The first-order valence-corrected chi connectivity index (χ1v) is 26.3. The number of ether oxygens (including phenoxy) is 3. The van der Waals surface area contributed by atoms with Crippen molar-refractivity contribution in [2.45, 2.75) is 239 Å². The predicted molar refractivity (Wildman–Crippen MR) is 274 cm³/mol. The highest BCUT2D eigenvalue weighted by Gasteiger charge is 2.19. The number of esters is 3. The molecule has 1 atom stereocenters. The largest absolute Gasteiger partial charge is 0.462 e. The molecule has 0 aromatic rings. The van der Waals surface area contributed by atoms with Gasteiger partial charge in [0.05, 0.1) is 0 Å². The van der Waals surface area contributed by atoms with E-state index in [1.165, 1.54) is 83.5 Å². The molecule has 0 bridgehead atoms. The minimum absolute atomic E-state index is 0.102. The van der Waals surface area contributed by atoms with Gasteiger partial charge in [-0.05, 0) is 89.9 Å². The third kappa shape index (κ3) is 49.3. The Morgan fingerprint density at radius 3 is 1.05 bits per heavy atom. The third-order valence-corrected chi connectivity index (χ3v) is 10.9. The predicted octanol–water partition coefficient (Wildman–Crippen LogP) is 17.4. The summed E-state index contributed by atoms with van der Waals surface area (Å²) in [7, 11) is 0. The molecule has 64 heavy (non-hydrogen) atoms. The van der Waals surface area contributed by atoms with Crippen LogP contribution in [0.1, 0.15) is 233 Å². The van der Waals surface area contributed by atoms with E-state index in [0.29, 0.717) is 12.8 Å². The topological polar surface area (TPSA) is 78.9 Å². The lowest BCUT2D eigenvalue weighted by molar-refractivity contribution is -0.167. The van der Waals surface area contributed by atoms with Crippen molar-refractivity contribution in [1.29, 1.82) is 0 Å². The molecule has 0 aliphatic carbocycles. The van der Waals surface area contributed by atoms with Crippen LogP contribution in [0.2, 0.25) is 0 Å². The van der Waals surface area contributed by atoms with Crippen LogP contribution in [0.4, 0.5) is 0 Å². The molecule has 0 aromatic carbocycles. The van der Waals surface area contributed by atoms with Crippen molar-refractivity contribution in [3.05, 3.63) is 97.2 Å². The number of carbonyl (C=O) groups is 3.